The van der Waals surface area contributed by atoms with Gasteiger partial charge in [0.05, 0.1) is 10.4 Å². The van der Waals surface area contributed by atoms with Gasteiger partial charge < -0.3 is 10.8 Å². The van der Waals surface area contributed by atoms with Crippen LogP contribution in [0.3, 0.4) is 0 Å². The Labute approximate surface area is 140 Å². The van der Waals surface area contributed by atoms with E-state index in [0.29, 0.717) is 10.2 Å². The first-order chi connectivity index (χ1) is 11.6. The van der Waals surface area contributed by atoms with Gasteiger partial charge in [0.25, 0.3) is 0 Å². The number of pyridine rings is 1. The molecule has 3 aromatic heterocycles. The van der Waals surface area contributed by atoms with Crippen molar-refractivity contribution in [2.75, 3.05) is 5.73 Å². The molecule has 7 heteroatoms. The van der Waals surface area contributed by atoms with Crippen molar-refractivity contribution in [1.82, 2.24) is 15.2 Å². The number of carboxylic acids is 1. The number of nitrogens with zero attached hydrogens (tertiary/aromatic N) is 3. The standard InChI is InChI=1S/C17H12N4O2S/c1-8-7-10(9-5-3-2-4-6-9)11-13-15(24-16(11)19-8)12(18)14(17(22)23)21-20-13/h2-7H,1H3,(H2,18,20)(H,22,23). The summed E-state index contributed by atoms with van der Waals surface area (Å²) in [6.07, 6.45) is 0. The highest BCUT2D eigenvalue weighted by molar-refractivity contribution is 7.26. The Balaban J connectivity index is 2.15. The zero-order valence-corrected chi connectivity index (χ0v) is 13.5. The molecule has 0 unspecified atom stereocenters. The predicted octanol–water partition coefficient (Wildman–Crippen LogP) is 3.50. The van der Waals surface area contributed by atoms with Crippen LogP contribution in [0.25, 0.3) is 31.6 Å². The van der Waals surface area contributed by atoms with Gasteiger partial charge in [-0.2, -0.15) is 0 Å². The SMILES string of the molecule is Cc1cc(-c2ccccc2)c2c(n1)sc1c(N)c(C(=O)O)nnc12. The molecule has 0 fully saturated rings. The highest BCUT2D eigenvalue weighted by atomic mass is 32.1. The van der Waals surface area contributed by atoms with Gasteiger partial charge in [0.1, 0.15) is 10.3 Å². The summed E-state index contributed by atoms with van der Waals surface area (Å²) in [5.41, 5.74) is 9.40. The lowest BCUT2D eigenvalue weighted by Gasteiger charge is -2.05. The molecule has 0 saturated carbocycles. The first-order valence-electron chi connectivity index (χ1n) is 7.21. The van der Waals surface area contributed by atoms with Gasteiger partial charge in [0, 0.05) is 11.1 Å². The first-order valence-corrected chi connectivity index (χ1v) is 8.02. The number of aromatic nitrogens is 3. The number of rotatable bonds is 2. The maximum Gasteiger partial charge on any atom is 0.358 e. The van der Waals surface area contributed by atoms with Crippen LogP contribution in [0.2, 0.25) is 0 Å². The van der Waals surface area contributed by atoms with Gasteiger partial charge in [-0.25, -0.2) is 9.78 Å². The van der Waals surface area contributed by atoms with Gasteiger partial charge in [0.2, 0.25) is 0 Å². The highest BCUT2D eigenvalue weighted by Crippen LogP contribution is 2.40. The number of carboxylic acid groups (broad SMARTS) is 1. The molecule has 1 aromatic carbocycles. The van der Waals surface area contributed by atoms with Crippen molar-refractivity contribution < 1.29 is 9.90 Å². The summed E-state index contributed by atoms with van der Waals surface area (Å²) in [6, 6.07) is 11.9. The van der Waals surface area contributed by atoms with E-state index in [-0.39, 0.29) is 11.4 Å². The lowest BCUT2D eigenvalue weighted by molar-refractivity contribution is 0.0691. The van der Waals surface area contributed by atoms with E-state index in [1.807, 2.05) is 43.3 Å². The summed E-state index contributed by atoms with van der Waals surface area (Å²) in [4.78, 5) is 16.6. The normalized spacial score (nSPS) is 11.2. The van der Waals surface area contributed by atoms with Gasteiger partial charge in [-0.05, 0) is 24.1 Å². The largest absolute Gasteiger partial charge is 0.476 e. The molecule has 0 aliphatic heterocycles. The van der Waals surface area contributed by atoms with Crippen LogP contribution in [-0.4, -0.2) is 26.3 Å². The topological polar surface area (TPSA) is 102 Å². The van der Waals surface area contributed by atoms with E-state index in [1.165, 1.54) is 11.3 Å². The molecule has 0 atom stereocenters. The average molecular weight is 336 g/mol. The minimum atomic E-state index is -1.19. The van der Waals surface area contributed by atoms with Gasteiger partial charge in [-0.15, -0.1) is 21.5 Å². The number of aromatic carboxylic acids is 1. The maximum atomic E-state index is 11.2. The van der Waals surface area contributed by atoms with Crippen molar-refractivity contribution in [3.63, 3.8) is 0 Å². The fourth-order valence-corrected chi connectivity index (χ4v) is 3.89. The fourth-order valence-electron chi connectivity index (χ4n) is 2.75. The minimum Gasteiger partial charge on any atom is -0.476 e. The van der Waals surface area contributed by atoms with E-state index in [4.69, 9.17) is 5.73 Å². The highest BCUT2D eigenvalue weighted by Gasteiger charge is 2.20. The third-order valence-electron chi connectivity index (χ3n) is 3.80. The van der Waals surface area contributed by atoms with Gasteiger partial charge in [0.15, 0.2) is 5.69 Å². The summed E-state index contributed by atoms with van der Waals surface area (Å²) in [5, 5.41) is 17.9. The molecule has 24 heavy (non-hydrogen) atoms. The summed E-state index contributed by atoms with van der Waals surface area (Å²) in [7, 11) is 0. The van der Waals surface area contributed by atoms with E-state index in [2.05, 4.69) is 15.2 Å². The summed E-state index contributed by atoms with van der Waals surface area (Å²) in [6.45, 7) is 1.92. The fraction of sp³-hybridized carbons (Fsp3) is 0.0588. The first kappa shape index (κ1) is 14.5. The van der Waals surface area contributed by atoms with E-state index >= 15 is 0 Å². The number of nitrogen functional groups attached to an aromatic ring is 1. The van der Waals surface area contributed by atoms with Crippen LogP contribution in [0.5, 0.6) is 0 Å². The zero-order valence-electron chi connectivity index (χ0n) is 12.6. The van der Waals surface area contributed by atoms with Crippen LogP contribution in [0.1, 0.15) is 16.2 Å². The molecule has 0 spiro atoms. The summed E-state index contributed by atoms with van der Waals surface area (Å²) in [5.74, 6) is -1.19. The quantitative estimate of drug-likeness (QED) is 0.581. The van der Waals surface area contributed by atoms with Crippen molar-refractivity contribution in [3.05, 3.63) is 47.8 Å². The molecule has 3 N–H and O–H groups in total. The van der Waals surface area contributed by atoms with E-state index < -0.39 is 5.97 Å². The number of fused-ring (bicyclic) bond motifs is 3. The second-order valence-corrected chi connectivity index (χ2v) is 6.40. The van der Waals surface area contributed by atoms with Gasteiger partial charge >= 0.3 is 5.97 Å². The van der Waals surface area contributed by atoms with Crippen LogP contribution < -0.4 is 5.73 Å². The Bertz CT molecular complexity index is 1110. The van der Waals surface area contributed by atoms with Crippen molar-refractivity contribution in [1.29, 1.82) is 0 Å². The summed E-state index contributed by atoms with van der Waals surface area (Å²) < 4.78 is 0.604. The van der Waals surface area contributed by atoms with Crippen LogP contribution in [-0.2, 0) is 0 Å². The molecule has 0 aliphatic rings. The van der Waals surface area contributed by atoms with Crippen LogP contribution >= 0.6 is 11.3 Å². The Morgan fingerprint density at radius 2 is 1.96 bits per heavy atom. The minimum absolute atomic E-state index is 0.132. The smallest absolute Gasteiger partial charge is 0.358 e. The van der Waals surface area contributed by atoms with E-state index in [1.54, 1.807) is 0 Å². The molecule has 0 amide bonds. The Kier molecular flexibility index (Phi) is 3.17. The van der Waals surface area contributed by atoms with Gasteiger partial charge in [-0.1, -0.05) is 30.3 Å². The molecular weight excluding hydrogens is 324 g/mol. The van der Waals surface area contributed by atoms with E-state index in [0.717, 1.165) is 27.0 Å². The lowest BCUT2D eigenvalue weighted by atomic mass is 10.0. The molecule has 4 rings (SSSR count). The van der Waals surface area contributed by atoms with Crippen molar-refractivity contribution in [2.45, 2.75) is 6.92 Å². The summed E-state index contributed by atoms with van der Waals surface area (Å²) >= 11 is 1.34. The molecule has 0 aliphatic carbocycles. The monoisotopic (exact) mass is 336 g/mol. The number of benzene rings is 1. The number of thiophene rings is 1. The molecule has 118 valence electrons. The molecule has 0 bridgehead atoms. The number of nitrogens with two attached hydrogens (primary N) is 1. The molecule has 4 aromatic rings. The van der Waals surface area contributed by atoms with Crippen molar-refractivity contribution in [3.8, 4) is 11.1 Å². The molecule has 0 radical (unpaired) electrons. The molecule has 6 nitrogen and oxygen atoms in total. The van der Waals surface area contributed by atoms with E-state index in [9.17, 15) is 9.90 Å². The van der Waals surface area contributed by atoms with Crippen molar-refractivity contribution >= 4 is 43.4 Å². The number of hydrogen-bond acceptors (Lipinski definition) is 6. The molecular formula is C17H12N4O2S. The Hall–Kier alpha value is -3.06. The van der Waals surface area contributed by atoms with Crippen LogP contribution in [0, 0.1) is 6.92 Å². The number of hydrogen-bond donors (Lipinski definition) is 2. The molecule has 3 heterocycles. The average Bonchev–Trinajstić information content (AvgIpc) is 2.94. The Morgan fingerprint density at radius 3 is 2.67 bits per heavy atom. The third-order valence-corrected chi connectivity index (χ3v) is 4.91. The number of anilines is 1. The second-order valence-electron chi connectivity index (χ2n) is 5.40. The third kappa shape index (κ3) is 2.10. The maximum absolute atomic E-state index is 11.2. The lowest BCUT2D eigenvalue weighted by Crippen LogP contribution is -2.06. The predicted molar refractivity (Wildman–Crippen MR) is 94.3 cm³/mol. The van der Waals surface area contributed by atoms with Crippen LogP contribution in [0.4, 0.5) is 5.69 Å². The van der Waals surface area contributed by atoms with Gasteiger partial charge in [-0.3, -0.25) is 0 Å². The van der Waals surface area contributed by atoms with Crippen molar-refractivity contribution in [2.24, 2.45) is 0 Å². The number of carbonyl (C=O) groups is 1. The Morgan fingerprint density at radius 1 is 1.21 bits per heavy atom. The molecule has 0 saturated heterocycles. The second kappa shape index (κ2) is 5.24. The number of aryl methyl sites for hydroxylation is 1. The van der Waals surface area contributed by atoms with Crippen LogP contribution in [0.15, 0.2) is 36.4 Å². The zero-order chi connectivity index (χ0) is 16.8.